The Bertz CT molecular complexity index is 815. The quantitative estimate of drug-likeness (QED) is 0.812. The number of carbonyl (C=O) groups excluding carboxylic acids is 2. The van der Waals surface area contributed by atoms with Gasteiger partial charge < -0.3 is 10.1 Å². The molecule has 0 aliphatic carbocycles. The Balaban J connectivity index is 1.62. The Labute approximate surface area is 154 Å². The molecule has 0 unspecified atom stereocenters. The van der Waals surface area contributed by atoms with Gasteiger partial charge in [0.2, 0.25) is 5.91 Å². The zero-order valence-electron chi connectivity index (χ0n) is 15.4. The van der Waals surface area contributed by atoms with Crippen LogP contribution in [0.5, 0.6) is 5.75 Å². The van der Waals surface area contributed by atoms with Gasteiger partial charge in [0.15, 0.2) is 0 Å². The minimum absolute atomic E-state index is 0.120. The number of methoxy groups -OCH3 is 1. The van der Waals surface area contributed by atoms with E-state index < -0.39 is 6.04 Å². The molecule has 1 atom stereocenters. The van der Waals surface area contributed by atoms with Gasteiger partial charge in [0.05, 0.1) is 13.5 Å². The fraction of sp³-hybridized carbons (Fsp3) is 0.333. The average molecular weight is 352 g/mol. The number of rotatable bonds is 6. The van der Waals surface area contributed by atoms with Crippen LogP contribution in [-0.2, 0) is 16.0 Å². The van der Waals surface area contributed by atoms with Crippen LogP contribution >= 0.6 is 0 Å². The molecule has 1 fully saturated rings. The number of amides is 2. The summed E-state index contributed by atoms with van der Waals surface area (Å²) in [5.41, 5.74) is 4.21. The Hall–Kier alpha value is -2.82. The van der Waals surface area contributed by atoms with E-state index in [1.54, 1.807) is 7.11 Å². The first-order valence-corrected chi connectivity index (χ1v) is 8.79. The highest BCUT2D eigenvalue weighted by Crippen LogP contribution is 2.22. The van der Waals surface area contributed by atoms with E-state index in [0.29, 0.717) is 13.0 Å². The molecule has 1 N–H and O–H groups in total. The number of ether oxygens (including phenoxy) is 1. The van der Waals surface area contributed by atoms with E-state index in [4.69, 9.17) is 4.74 Å². The molecule has 1 saturated heterocycles. The van der Waals surface area contributed by atoms with Crippen molar-refractivity contribution in [1.82, 2.24) is 4.90 Å². The molecule has 0 saturated carbocycles. The summed E-state index contributed by atoms with van der Waals surface area (Å²) in [6.45, 7) is 4.43. The number of hydrogen-bond donors (Lipinski definition) is 1. The zero-order valence-corrected chi connectivity index (χ0v) is 15.4. The van der Waals surface area contributed by atoms with Gasteiger partial charge in [0.25, 0.3) is 5.91 Å². The molecule has 136 valence electrons. The van der Waals surface area contributed by atoms with E-state index in [1.165, 1.54) is 10.5 Å². The molecule has 5 heteroatoms. The second kappa shape index (κ2) is 7.60. The lowest BCUT2D eigenvalue weighted by Gasteiger charge is -2.17. The largest absolute Gasteiger partial charge is 0.497 e. The van der Waals surface area contributed by atoms with Crippen molar-refractivity contribution >= 4 is 17.5 Å². The van der Waals surface area contributed by atoms with Crippen LogP contribution in [0.2, 0.25) is 0 Å². The maximum Gasteiger partial charge on any atom is 0.252 e. The number of imide groups is 1. The molecular weight excluding hydrogens is 328 g/mol. The molecule has 0 radical (unpaired) electrons. The van der Waals surface area contributed by atoms with E-state index in [2.05, 4.69) is 11.4 Å². The predicted molar refractivity (Wildman–Crippen MR) is 101 cm³/mol. The Kier molecular flexibility index (Phi) is 5.26. The first-order chi connectivity index (χ1) is 12.5. The smallest absolute Gasteiger partial charge is 0.252 e. The third kappa shape index (κ3) is 3.87. The van der Waals surface area contributed by atoms with Crippen molar-refractivity contribution in [3.8, 4) is 5.75 Å². The molecule has 26 heavy (non-hydrogen) atoms. The minimum Gasteiger partial charge on any atom is -0.497 e. The monoisotopic (exact) mass is 352 g/mol. The highest BCUT2D eigenvalue weighted by Gasteiger charge is 2.38. The van der Waals surface area contributed by atoms with E-state index >= 15 is 0 Å². The lowest BCUT2D eigenvalue weighted by Crippen LogP contribution is -2.36. The fourth-order valence-electron chi connectivity index (χ4n) is 3.23. The van der Waals surface area contributed by atoms with Crippen molar-refractivity contribution < 1.29 is 14.3 Å². The molecule has 1 heterocycles. The topological polar surface area (TPSA) is 58.6 Å². The summed E-state index contributed by atoms with van der Waals surface area (Å²) in [6, 6.07) is 13.2. The van der Waals surface area contributed by atoms with Gasteiger partial charge in [-0.1, -0.05) is 29.8 Å². The van der Waals surface area contributed by atoms with Crippen molar-refractivity contribution in [2.24, 2.45) is 0 Å². The van der Waals surface area contributed by atoms with E-state index in [1.807, 2.05) is 50.2 Å². The van der Waals surface area contributed by atoms with Crippen molar-refractivity contribution in [1.29, 1.82) is 0 Å². The first-order valence-electron chi connectivity index (χ1n) is 8.79. The van der Waals surface area contributed by atoms with Crippen molar-refractivity contribution in [2.75, 3.05) is 19.0 Å². The molecule has 1 aliphatic rings. The lowest BCUT2D eigenvalue weighted by molar-refractivity contribution is -0.138. The van der Waals surface area contributed by atoms with Crippen LogP contribution in [0.1, 0.15) is 23.1 Å². The van der Waals surface area contributed by atoms with Crippen molar-refractivity contribution in [2.45, 2.75) is 32.7 Å². The van der Waals surface area contributed by atoms with Gasteiger partial charge in [-0.05, 0) is 49.6 Å². The molecular formula is C21H24N2O3. The average Bonchev–Trinajstić information content (AvgIpc) is 2.89. The molecule has 2 aromatic carbocycles. The maximum atomic E-state index is 12.6. The van der Waals surface area contributed by atoms with Gasteiger partial charge in [0, 0.05) is 12.2 Å². The van der Waals surface area contributed by atoms with Crippen molar-refractivity contribution in [3.05, 3.63) is 59.2 Å². The van der Waals surface area contributed by atoms with Crippen LogP contribution in [0.3, 0.4) is 0 Å². The van der Waals surface area contributed by atoms with Gasteiger partial charge in [-0.3, -0.25) is 14.5 Å². The molecule has 1 aliphatic heterocycles. The third-order valence-electron chi connectivity index (χ3n) is 4.74. The molecule has 3 rings (SSSR count). The molecule has 2 amide bonds. The maximum absolute atomic E-state index is 12.6. The van der Waals surface area contributed by atoms with Gasteiger partial charge in [-0.2, -0.15) is 0 Å². The Morgan fingerprint density at radius 3 is 2.50 bits per heavy atom. The highest BCUT2D eigenvalue weighted by molar-refractivity contribution is 6.06. The van der Waals surface area contributed by atoms with Gasteiger partial charge in [-0.25, -0.2) is 0 Å². The van der Waals surface area contributed by atoms with E-state index in [9.17, 15) is 9.59 Å². The third-order valence-corrected chi connectivity index (χ3v) is 4.74. The summed E-state index contributed by atoms with van der Waals surface area (Å²) >= 11 is 0. The minimum atomic E-state index is -0.486. The second-order valence-electron chi connectivity index (χ2n) is 6.70. The lowest BCUT2D eigenvalue weighted by atomic mass is 10.1. The summed E-state index contributed by atoms with van der Waals surface area (Å²) in [4.78, 5) is 26.3. The van der Waals surface area contributed by atoms with Crippen LogP contribution in [0.4, 0.5) is 5.69 Å². The van der Waals surface area contributed by atoms with Crippen LogP contribution < -0.4 is 10.1 Å². The summed E-state index contributed by atoms with van der Waals surface area (Å²) in [6.07, 6.45) is 0.840. The summed E-state index contributed by atoms with van der Waals surface area (Å²) in [5, 5.41) is 3.23. The number of benzene rings is 2. The zero-order chi connectivity index (χ0) is 18.7. The number of anilines is 1. The number of carbonyl (C=O) groups is 2. The summed E-state index contributed by atoms with van der Waals surface area (Å²) in [7, 11) is 1.62. The molecule has 2 aromatic rings. The Morgan fingerprint density at radius 2 is 1.85 bits per heavy atom. The highest BCUT2D eigenvalue weighted by atomic mass is 16.5. The Morgan fingerprint density at radius 1 is 1.12 bits per heavy atom. The first kappa shape index (κ1) is 18.0. The van der Waals surface area contributed by atoms with Crippen LogP contribution in [0.25, 0.3) is 0 Å². The second-order valence-corrected chi connectivity index (χ2v) is 6.70. The van der Waals surface area contributed by atoms with Crippen LogP contribution in [0.15, 0.2) is 42.5 Å². The summed E-state index contributed by atoms with van der Waals surface area (Å²) in [5.74, 6) is 0.522. The molecule has 0 aromatic heterocycles. The molecule has 0 spiro atoms. The number of nitrogens with zero attached hydrogens (tertiary/aromatic N) is 1. The standard InChI is InChI=1S/C21H24N2O3/c1-14-4-9-18(15(2)12-14)22-19-13-20(24)23(21(19)25)11-10-16-5-7-17(26-3)8-6-16/h4-9,12,19,22H,10-11,13H2,1-3H3/t19-/m1/s1. The number of hydrogen-bond acceptors (Lipinski definition) is 4. The SMILES string of the molecule is COc1ccc(CCN2C(=O)C[C@@H](Nc3ccc(C)cc3C)C2=O)cc1. The fourth-order valence-corrected chi connectivity index (χ4v) is 3.23. The van der Waals surface area contributed by atoms with E-state index in [-0.39, 0.29) is 18.2 Å². The van der Waals surface area contributed by atoms with Gasteiger partial charge in [-0.15, -0.1) is 0 Å². The van der Waals surface area contributed by atoms with Gasteiger partial charge >= 0.3 is 0 Å². The normalized spacial score (nSPS) is 16.9. The van der Waals surface area contributed by atoms with E-state index in [0.717, 1.165) is 22.6 Å². The van der Waals surface area contributed by atoms with Crippen LogP contribution in [0, 0.1) is 13.8 Å². The number of aryl methyl sites for hydroxylation is 2. The molecule has 5 nitrogen and oxygen atoms in total. The van der Waals surface area contributed by atoms with Crippen molar-refractivity contribution in [3.63, 3.8) is 0 Å². The van der Waals surface area contributed by atoms with Gasteiger partial charge in [0.1, 0.15) is 11.8 Å². The molecule has 0 bridgehead atoms. The van der Waals surface area contributed by atoms with Crippen LogP contribution in [-0.4, -0.2) is 36.4 Å². The predicted octanol–water partition coefficient (Wildman–Crippen LogP) is 3.09. The number of likely N-dealkylation sites (tertiary alicyclic amines) is 1. The number of nitrogens with one attached hydrogen (secondary N) is 1. The summed E-state index contributed by atoms with van der Waals surface area (Å²) < 4.78 is 5.14.